The average Bonchev–Trinajstić information content (AvgIpc) is 3.21. The van der Waals surface area contributed by atoms with Crippen molar-refractivity contribution < 1.29 is 17.9 Å². The highest BCUT2D eigenvalue weighted by atomic mass is 35.5. The highest BCUT2D eigenvalue weighted by Crippen LogP contribution is 2.33. The van der Waals surface area contributed by atoms with E-state index >= 15 is 0 Å². The van der Waals surface area contributed by atoms with Crippen LogP contribution in [0, 0.1) is 20.8 Å². The normalized spacial score (nSPS) is 11.6. The molecule has 0 unspecified atom stereocenters. The molecule has 41 heavy (non-hydrogen) atoms. The van der Waals surface area contributed by atoms with Gasteiger partial charge in [-0.2, -0.15) is 5.10 Å². The summed E-state index contributed by atoms with van der Waals surface area (Å²) in [4.78, 5) is 13.1. The van der Waals surface area contributed by atoms with E-state index in [-0.39, 0.29) is 10.6 Å². The van der Waals surface area contributed by atoms with Crippen molar-refractivity contribution in [1.29, 1.82) is 0 Å². The number of nitrogens with zero attached hydrogens (tertiary/aromatic N) is 3. The van der Waals surface area contributed by atoms with E-state index in [9.17, 15) is 13.2 Å². The van der Waals surface area contributed by atoms with Crippen LogP contribution in [0.1, 0.15) is 29.4 Å². The lowest BCUT2D eigenvalue weighted by Crippen LogP contribution is -2.39. The smallest absolute Gasteiger partial charge is 0.264 e. The maximum absolute atomic E-state index is 13.7. The quantitative estimate of drug-likeness (QED) is 0.164. The van der Waals surface area contributed by atoms with E-state index in [1.807, 2.05) is 31.4 Å². The molecule has 1 heterocycles. The van der Waals surface area contributed by atoms with Crippen LogP contribution in [0.2, 0.25) is 10.0 Å². The van der Waals surface area contributed by atoms with Gasteiger partial charge in [0, 0.05) is 22.0 Å². The molecular formula is C30H30Cl2N4O4S. The Morgan fingerprint density at radius 2 is 1.73 bits per heavy atom. The molecule has 0 atom stereocenters. The number of hydrogen-bond donors (Lipinski definition) is 1. The third-order valence-electron chi connectivity index (χ3n) is 6.34. The predicted octanol–water partition coefficient (Wildman–Crippen LogP) is 6.45. The Morgan fingerprint density at radius 3 is 2.44 bits per heavy atom. The molecule has 1 amide bonds. The number of halogens is 2. The van der Waals surface area contributed by atoms with Crippen LogP contribution in [0.3, 0.4) is 0 Å². The number of sulfonamides is 1. The number of amides is 1. The number of para-hydroxylation sites is 2. The number of aryl methyl sites for hydroxylation is 2. The van der Waals surface area contributed by atoms with Crippen LogP contribution in [0.15, 0.2) is 82.8 Å². The predicted molar refractivity (Wildman–Crippen MR) is 164 cm³/mol. The summed E-state index contributed by atoms with van der Waals surface area (Å²) in [5, 5.41) is 5.20. The molecule has 0 aliphatic rings. The standard InChI is InChI=1S/C30H30Cl2N4O4S/c1-5-40-29-9-7-6-8-27(29)35(41(38,39)25-13-10-20(2)11-14-25)19-30(37)34-33-18-23-16-21(3)36(22(23)4)28-17-24(31)12-15-26(28)32/h6-18H,5,19H2,1-4H3,(H,34,37)/b33-18-. The summed E-state index contributed by atoms with van der Waals surface area (Å²) < 4.78 is 36.1. The van der Waals surface area contributed by atoms with E-state index < -0.39 is 22.5 Å². The first-order chi connectivity index (χ1) is 19.5. The third-order valence-corrected chi connectivity index (χ3v) is 8.67. The molecule has 4 aromatic rings. The van der Waals surface area contributed by atoms with E-state index in [4.69, 9.17) is 27.9 Å². The van der Waals surface area contributed by atoms with Crippen LogP contribution in [-0.2, 0) is 14.8 Å². The molecule has 0 saturated heterocycles. The summed E-state index contributed by atoms with van der Waals surface area (Å²) in [7, 11) is -4.12. The minimum Gasteiger partial charge on any atom is -0.492 e. The second kappa shape index (κ2) is 12.8. The number of carbonyl (C=O) groups excluding carboxylic acids is 1. The van der Waals surface area contributed by atoms with E-state index in [2.05, 4.69) is 10.5 Å². The average molecular weight is 614 g/mol. The number of anilines is 1. The Morgan fingerprint density at radius 1 is 1.02 bits per heavy atom. The maximum atomic E-state index is 13.7. The van der Waals surface area contributed by atoms with Gasteiger partial charge in [0.25, 0.3) is 15.9 Å². The number of hydrogen-bond acceptors (Lipinski definition) is 5. The first-order valence-electron chi connectivity index (χ1n) is 12.8. The van der Waals surface area contributed by atoms with E-state index in [1.165, 1.54) is 18.3 Å². The summed E-state index contributed by atoms with van der Waals surface area (Å²) in [6.45, 7) is 7.29. The highest BCUT2D eigenvalue weighted by molar-refractivity contribution is 7.92. The number of ether oxygens (including phenoxy) is 1. The molecule has 4 rings (SSSR count). The summed E-state index contributed by atoms with van der Waals surface area (Å²) >= 11 is 12.6. The summed E-state index contributed by atoms with van der Waals surface area (Å²) in [5.74, 6) is -0.288. The van der Waals surface area contributed by atoms with Gasteiger partial charge >= 0.3 is 0 Å². The van der Waals surface area contributed by atoms with Gasteiger partial charge in [-0.25, -0.2) is 13.8 Å². The molecule has 8 nitrogen and oxygen atoms in total. The number of benzene rings is 3. The van der Waals surface area contributed by atoms with Crippen molar-refractivity contribution in [3.05, 3.63) is 105 Å². The molecule has 11 heteroatoms. The van der Waals surface area contributed by atoms with E-state index in [0.29, 0.717) is 22.4 Å². The summed E-state index contributed by atoms with van der Waals surface area (Å²) in [6.07, 6.45) is 1.50. The Bertz CT molecular complexity index is 1700. The second-order valence-corrected chi connectivity index (χ2v) is 12.0. The molecular weight excluding hydrogens is 583 g/mol. The lowest BCUT2D eigenvalue weighted by atomic mass is 10.2. The molecule has 0 fully saturated rings. The number of nitrogens with one attached hydrogen (secondary N) is 1. The largest absolute Gasteiger partial charge is 0.492 e. The molecule has 0 radical (unpaired) electrons. The van der Waals surface area contributed by atoms with Crippen LogP contribution in [0.4, 0.5) is 5.69 Å². The van der Waals surface area contributed by atoms with Gasteiger partial charge < -0.3 is 9.30 Å². The molecule has 0 aliphatic heterocycles. The molecule has 0 saturated carbocycles. The van der Waals surface area contributed by atoms with Gasteiger partial charge in [-0.3, -0.25) is 9.10 Å². The first-order valence-corrected chi connectivity index (χ1v) is 15.0. The monoisotopic (exact) mass is 612 g/mol. The van der Waals surface area contributed by atoms with E-state index in [1.54, 1.807) is 61.5 Å². The van der Waals surface area contributed by atoms with Crippen molar-refractivity contribution in [3.8, 4) is 11.4 Å². The van der Waals surface area contributed by atoms with Crippen molar-refractivity contribution in [2.75, 3.05) is 17.5 Å². The van der Waals surface area contributed by atoms with Crippen LogP contribution in [-0.4, -0.2) is 38.3 Å². The fourth-order valence-electron chi connectivity index (χ4n) is 4.36. The number of hydrazone groups is 1. The molecule has 3 aromatic carbocycles. The van der Waals surface area contributed by atoms with Gasteiger partial charge in [0.2, 0.25) is 0 Å². The molecule has 1 N–H and O–H groups in total. The number of carbonyl (C=O) groups is 1. The molecule has 0 spiro atoms. The van der Waals surface area contributed by atoms with Gasteiger partial charge in [0.15, 0.2) is 0 Å². The number of aromatic nitrogens is 1. The highest BCUT2D eigenvalue weighted by Gasteiger charge is 2.29. The minimum absolute atomic E-state index is 0.0535. The lowest BCUT2D eigenvalue weighted by molar-refractivity contribution is -0.119. The third kappa shape index (κ3) is 6.75. The van der Waals surface area contributed by atoms with Gasteiger partial charge in [0.05, 0.1) is 34.1 Å². The Kier molecular flexibility index (Phi) is 9.42. The molecule has 0 bridgehead atoms. The molecule has 214 valence electrons. The van der Waals surface area contributed by atoms with Crippen molar-refractivity contribution in [1.82, 2.24) is 9.99 Å². The topological polar surface area (TPSA) is 93.0 Å². The Hall–Kier alpha value is -3.79. The van der Waals surface area contributed by atoms with Crippen molar-refractivity contribution in [2.45, 2.75) is 32.6 Å². The number of rotatable bonds is 10. The second-order valence-electron chi connectivity index (χ2n) is 9.28. The Labute approximate surface area is 250 Å². The van der Waals surface area contributed by atoms with Crippen LogP contribution in [0.5, 0.6) is 5.75 Å². The van der Waals surface area contributed by atoms with Gasteiger partial charge in [0.1, 0.15) is 12.3 Å². The zero-order valence-electron chi connectivity index (χ0n) is 23.1. The van der Waals surface area contributed by atoms with Gasteiger partial charge in [-0.15, -0.1) is 0 Å². The van der Waals surface area contributed by atoms with Crippen LogP contribution >= 0.6 is 23.2 Å². The Balaban J connectivity index is 1.60. The molecule has 1 aromatic heterocycles. The van der Waals surface area contributed by atoms with Gasteiger partial charge in [-0.1, -0.05) is 53.0 Å². The maximum Gasteiger partial charge on any atom is 0.264 e. The minimum atomic E-state index is -4.12. The van der Waals surface area contributed by atoms with Crippen molar-refractivity contribution in [2.24, 2.45) is 5.10 Å². The zero-order valence-corrected chi connectivity index (χ0v) is 25.4. The molecule has 0 aliphatic carbocycles. The van der Waals surface area contributed by atoms with Crippen molar-refractivity contribution >= 4 is 51.0 Å². The van der Waals surface area contributed by atoms with Gasteiger partial charge in [-0.05, 0) is 76.2 Å². The zero-order chi connectivity index (χ0) is 29.7. The lowest BCUT2D eigenvalue weighted by Gasteiger charge is -2.25. The van der Waals surface area contributed by atoms with Crippen LogP contribution < -0.4 is 14.5 Å². The summed E-state index contributed by atoms with van der Waals surface area (Å²) in [5.41, 5.74) is 6.81. The summed E-state index contributed by atoms with van der Waals surface area (Å²) in [6, 6.07) is 20.2. The fourth-order valence-corrected chi connectivity index (χ4v) is 6.16. The SMILES string of the molecule is CCOc1ccccc1N(CC(=O)N/N=C\c1cc(C)n(-c2cc(Cl)ccc2Cl)c1C)S(=O)(=O)c1ccc(C)cc1. The van der Waals surface area contributed by atoms with Crippen molar-refractivity contribution in [3.63, 3.8) is 0 Å². The fraction of sp³-hybridized carbons (Fsp3) is 0.200. The van der Waals surface area contributed by atoms with Crippen LogP contribution in [0.25, 0.3) is 5.69 Å². The first kappa shape index (κ1) is 30.2. The van der Waals surface area contributed by atoms with E-state index in [0.717, 1.165) is 32.5 Å².